The lowest BCUT2D eigenvalue weighted by molar-refractivity contribution is -0.135. The molecule has 0 unspecified atom stereocenters. The van der Waals surface area contributed by atoms with Crippen molar-refractivity contribution in [3.8, 4) is 0 Å². The zero-order valence-corrected chi connectivity index (χ0v) is 19.0. The lowest BCUT2D eigenvalue weighted by Gasteiger charge is -2.61. The summed E-state index contributed by atoms with van der Waals surface area (Å²) in [6.07, 6.45) is 14.1. The van der Waals surface area contributed by atoms with Crippen LogP contribution in [0.25, 0.3) is 0 Å². The monoisotopic (exact) mass is 418 g/mol. The fourth-order valence-electron chi connectivity index (χ4n) is 8.79. The Bertz CT molecular complexity index is 690. The van der Waals surface area contributed by atoms with E-state index >= 15 is 0 Å². The first-order valence-corrected chi connectivity index (χ1v) is 13.1. The highest BCUT2D eigenvalue weighted by Gasteiger charge is 2.60. The van der Waals surface area contributed by atoms with Crippen molar-refractivity contribution in [2.24, 2.45) is 40.4 Å². The van der Waals surface area contributed by atoms with Crippen LogP contribution < -0.4 is 0 Å². The first-order valence-electron chi connectivity index (χ1n) is 12.1. The third-order valence-electron chi connectivity index (χ3n) is 10.2. The molecule has 5 rings (SSSR count). The van der Waals surface area contributed by atoms with Crippen molar-refractivity contribution >= 4 is 17.7 Å². The number of aliphatic hydroxyl groups excluding tert-OH is 1. The van der Waals surface area contributed by atoms with Crippen LogP contribution in [-0.4, -0.2) is 35.3 Å². The van der Waals surface area contributed by atoms with E-state index in [1.165, 1.54) is 63.4 Å². The minimum Gasteiger partial charge on any atom is -0.458 e. The van der Waals surface area contributed by atoms with E-state index in [-0.39, 0.29) is 5.97 Å². The molecule has 0 amide bonds. The van der Waals surface area contributed by atoms with E-state index < -0.39 is 0 Å². The Hall–Kier alpha value is -0.480. The maximum atomic E-state index is 11.7. The van der Waals surface area contributed by atoms with Crippen molar-refractivity contribution in [3.05, 3.63) is 11.6 Å². The molecule has 4 aliphatic carbocycles. The average Bonchev–Trinajstić information content (AvgIpc) is 3.28. The number of hydrogen-bond donors (Lipinski definition) is 1. The average molecular weight is 419 g/mol. The Kier molecular flexibility index (Phi) is 5.34. The summed E-state index contributed by atoms with van der Waals surface area (Å²) in [5, 5.41) is 9.98. The van der Waals surface area contributed by atoms with Gasteiger partial charge < -0.3 is 9.84 Å². The van der Waals surface area contributed by atoms with Gasteiger partial charge in [-0.1, -0.05) is 13.8 Å². The Morgan fingerprint density at radius 1 is 1.07 bits per heavy atom. The molecule has 4 fully saturated rings. The van der Waals surface area contributed by atoms with E-state index in [2.05, 4.69) is 13.8 Å². The van der Waals surface area contributed by atoms with Gasteiger partial charge in [0.05, 0.1) is 6.61 Å². The SMILES string of the molecule is C[C@]12CC[C@H](SCCO)C[C@H]1CC[C@@H]1[C@@H]2CC[C@]2(C)[C@@H](C3=CC(=O)OC3)CC[C@@H]12. The molecule has 5 aliphatic rings. The van der Waals surface area contributed by atoms with Crippen LogP contribution in [0.2, 0.25) is 0 Å². The van der Waals surface area contributed by atoms with Gasteiger partial charge in [-0.15, -0.1) is 0 Å². The minimum absolute atomic E-state index is 0.121. The number of esters is 1. The predicted molar refractivity (Wildman–Crippen MR) is 118 cm³/mol. The largest absolute Gasteiger partial charge is 0.458 e. The van der Waals surface area contributed by atoms with Crippen LogP contribution in [0.4, 0.5) is 0 Å². The van der Waals surface area contributed by atoms with E-state index in [0.29, 0.717) is 30.0 Å². The van der Waals surface area contributed by atoms with Crippen LogP contribution in [0.15, 0.2) is 11.6 Å². The van der Waals surface area contributed by atoms with Crippen molar-refractivity contribution in [1.82, 2.24) is 0 Å². The van der Waals surface area contributed by atoms with E-state index in [1.807, 2.05) is 17.8 Å². The van der Waals surface area contributed by atoms with Crippen LogP contribution in [0, 0.1) is 40.4 Å². The summed E-state index contributed by atoms with van der Waals surface area (Å²) in [6, 6.07) is 0. The molecule has 1 heterocycles. The lowest BCUT2D eigenvalue weighted by atomic mass is 9.44. The second-order valence-corrected chi connectivity index (χ2v) is 12.6. The number of cyclic esters (lactones) is 1. The maximum absolute atomic E-state index is 11.7. The number of carbonyl (C=O) groups excluding carboxylic acids is 1. The Labute approximate surface area is 180 Å². The van der Waals surface area contributed by atoms with Crippen LogP contribution in [0.1, 0.15) is 71.6 Å². The highest BCUT2D eigenvalue weighted by atomic mass is 32.2. The number of hydrogen-bond acceptors (Lipinski definition) is 4. The molecule has 0 saturated heterocycles. The van der Waals surface area contributed by atoms with E-state index in [9.17, 15) is 9.90 Å². The molecule has 0 aromatic rings. The summed E-state index contributed by atoms with van der Waals surface area (Å²) < 4.78 is 5.28. The molecule has 0 radical (unpaired) electrons. The summed E-state index contributed by atoms with van der Waals surface area (Å²) >= 11 is 2.01. The van der Waals surface area contributed by atoms with Crippen LogP contribution >= 0.6 is 11.8 Å². The third kappa shape index (κ3) is 3.23. The molecule has 162 valence electrons. The fourth-order valence-corrected chi connectivity index (χ4v) is 9.88. The smallest absolute Gasteiger partial charge is 0.331 e. The van der Waals surface area contributed by atoms with Gasteiger partial charge in [-0.3, -0.25) is 0 Å². The highest BCUT2D eigenvalue weighted by Crippen LogP contribution is 2.68. The van der Waals surface area contributed by atoms with Crippen molar-refractivity contribution in [2.45, 2.75) is 76.9 Å². The zero-order valence-electron chi connectivity index (χ0n) is 18.2. The molecule has 4 saturated carbocycles. The normalized spacial score (nSPS) is 49.1. The lowest BCUT2D eigenvalue weighted by Crippen LogP contribution is -2.53. The second kappa shape index (κ2) is 7.58. The quantitative estimate of drug-likeness (QED) is 0.636. The summed E-state index contributed by atoms with van der Waals surface area (Å²) in [6.45, 7) is 6.06. The van der Waals surface area contributed by atoms with Crippen molar-refractivity contribution in [1.29, 1.82) is 0 Å². The number of aliphatic hydroxyl groups is 1. The van der Waals surface area contributed by atoms with Crippen molar-refractivity contribution < 1.29 is 14.6 Å². The predicted octanol–water partition coefficient (Wildman–Crippen LogP) is 5.22. The van der Waals surface area contributed by atoms with E-state index in [1.54, 1.807) is 0 Å². The van der Waals surface area contributed by atoms with E-state index in [4.69, 9.17) is 4.74 Å². The third-order valence-corrected chi connectivity index (χ3v) is 11.5. The zero-order chi connectivity index (χ0) is 20.2. The number of carbonyl (C=O) groups is 1. The second-order valence-electron chi connectivity index (χ2n) is 11.1. The van der Waals surface area contributed by atoms with Gasteiger partial charge in [0.15, 0.2) is 0 Å². The maximum Gasteiger partial charge on any atom is 0.331 e. The number of thioether (sulfide) groups is 1. The van der Waals surface area contributed by atoms with Gasteiger partial charge in [0, 0.05) is 17.1 Å². The standard InChI is InChI=1S/C25H38O3S/c1-24-9-7-18(29-12-11-26)14-17(24)3-4-19-21-6-5-20(16-13-23(27)28-15-16)25(21,2)10-8-22(19)24/h13,17-22,26H,3-12,14-15H2,1-2H3/t17-,18+,19+,20-,21+,22+,24+,25-/m1/s1. The first kappa shape index (κ1) is 20.4. The van der Waals surface area contributed by atoms with Gasteiger partial charge in [-0.2, -0.15) is 11.8 Å². The molecule has 0 aromatic heterocycles. The molecular weight excluding hydrogens is 380 g/mol. The van der Waals surface area contributed by atoms with Crippen LogP contribution in [0.3, 0.4) is 0 Å². The van der Waals surface area contributed by atoms with Crippen molar-refractivity contribution in [2.75, 3.05) is 19.0 Å². The molecule has 4 heteroatoms. The molecule has 1 N–H and O–H groups in total. The molecule has 0 spiro atoms. The summed E-state index contributed by atoms with van der Waals surface area (Å²) in [7, 11) is 0. The van der Waals surface area contributed by atoms with Gasteiger partial charge in [-0.05, 0) is 104 Å². The Morgan fingerprint density at radius 3 is 2.62 bits per heavy atom. The molecule has 0 aromatic carbocycles. The number of rotatable bonds is 4. The van der Waals surface area contributed by atoms with Crippen LogP contribution in [0.5, 0.6) is 0 Å². The van der Waals surface area contributed by atoms with Gasteiger partial charge in [-0.25, -0.2) is 4.79 Å². The first-order chi connectivity index (χ1) is 14.0. The van der Waals surface area contributed by atoms with Gasteiger partial charge in [0.25, 0.3) is 0 Å². The molecule has 8 atom stereocenters. The number of fused-ring (bicyclic) bond motifs is 5. The minimum atomic E-state index is -0.121. The molecular formula is C25H38O3S. The van der Waals surface area contributed by atoms with Crippen molar-refractivity contribution in [3.63, 3.8) is 0 Å². The van der Waals surface area contributed by atoms with Crippen LogP contribution in [-0.2, 0) is 9.53 Å². The molecule has 0 bridgehead atoms. The number of ether oxygens (including phenoxy) is 1. The summed E-state index contributed by atoms with van der Waals surface area (Å²) in [4.78, 5) is 11.7. The Balaban J connectivity index is 1.33. The highest BCUT2D eigenvalue weighted by molar-refractivity contribution is 7.99. The molecule has 1 aliphatic heterocycles. The summed E-state index contributed by atoms with van der Waals surface area (Å²) in [5.41, 5.74) is 2.20. The summed E-state index contributed by atoms with van der Waals surface area (Å²) in [5.74, 6) is 4.86. The molecule has 3 nitrogen and oxygen atoms in total. The van der Waals surface area contributed by atoms with Gasteiger partial charge in [0.1, 0.15) is 6.61 Å². The fraction of sp³-hybridized carbons (Fsp3) is 0.880. The molecule has 29 heavy (non-hydrogen) atoms. The van der Waals surface area contributed by atoms with Gasteiger partial charge >= 0.3 is 5.97 Å². The van der Waals surface area contributed by atoms with Gasteiger partial charge in [0.2, 0.25) is 0 Å². The Morgan fingerprint density at radius 2 is 1.86 bits per heavy atom. The topological polar surface area (TPSA) is 46.5 Å². The van der Waals surface area contributed by atoms with E-state index in [0.717, 1.165) is 34.7 Å².